The molecule has 0 aliphatic heterocycles. The minimum absolute atomic E-state index is 0.0429. The summed E-state index contributed by atoms with van der Waals surface area (Å²) < 4.78 is 139. The lowest BCUT2D eigenvalue weighted by molar-refractivity contribution is -0.253. The van der Waals surface area contributed by atoms with Crippen LogP contribution >= 0.6 is 11.6 Å². The largest absolute Gasteiger partial charge is 0.494 e. The summed E-state index contributed by atoms with van der Waals surface area (Å²) in [6, 6.07) is 12.5. The summed E-state index contributed by atoms with van der Waals surface area (Å²) in [6.45, 7) is 2.30. The number of pyridine rings is 1. The third-order valence-electron chi connectivity index (χ3n) is 8.23. The van der Waals surface area contributed by atoms with E-state index in [1.54, 1.807) is 31.2 Å². The van der Waals surface area contributed by atoms with E-state index in [2.05, 4.69) is 9.72 Å². The fraction of sp³-hybridized carbons (Fsp3) is 0.342. The predicted molar refractivity (Wildman–Crippen MR) is 179 cm³/mol. The van der Waals surface area contributed by atoms with Gasteiger partial charge in [-0.05, 0) is 98.3 Å². The molecule has 0 amide bonds. The number of ketones is 1. The van der Waals surface area contributed by atoms with E-state index in [0.29, 0.717) is 62.0 Å². The summed E-state index contributed by atoms with van der Waals surface area (Å²) in [4.78, 5) is 29.7. The fourth-order valence-corrected chi connectivity index (χ4v) is 5.78. The van der Waals surface area contributed by atoms with Crippen LogP contribution in [-0.2, 0) is 27.5 Å². The molecule has 0 aliphatic rings. The van der Waals surface area contributed by atoms with Gasteiger partial charge in [0, 0.05) is 36.1 Å². The Hall–Kier alpha value is -4.79. The number of benzene rings is 3. The molecule has 0 radical (unpaired) electrons. The van der Waals surface area contributed by atoms with Gasteiger partial charge in [-0.1, -0.05) is 23.7 Å². The second-order valence-corrected chi connectivity index (χ2v) is 12.6. The van der Waals surface area contributed by atoms with E-state index in [0.717, 1.165) is 24.4 Å². The van der Waals surface area contributed by atoms with Crippen molar-refractivity contribution in [2.45, 2.75) is 69.6 Å². The molecule has 0 bridgehead atoms. The lowest BCUT2D eigenvalue weighted by Crippen LogP contribution is -2.36. The Bertz CT molecular complexity index is 1890. The number of ether oxygens (including phenoxy) is 3. The Morgan fingerprint density at radius 3 is 2.20 bits per heavy atom. The van der Waals surface area contributed by atoms with Crippen LogP contribution in [0, 0.1) is 11.6 Å². The highest BCUT2D eigenvalue weighted by Gasteiger charge is 2.45. The van der Waals surface area contributed by atoms with Crippen molar-refractivity contribution in [2.24, 2.45) is 0 Å². The molecule has 1 aromatic heterocycles. The number of esters is 1. The van der Waals surface area contributed by atoms with Crippen LogP contribution in [0.2, 0.25) is 5.02 Å². The van der Waals surface area contributed by atoms with Gasteiger partial charge in [0.05, 0.1) is 29.5 Å². The van der Waals surface area contributed by atoms with Gasteiger partial charge in [-0.3, -0.25) is 14.6 Å². The molecule has 16 heteroatoms. The highest BCUT2D eigenvalue weighted by molar-refractivity contribution is 6.30. The van der Waals surface area contributed by atoms with Crippen LogP contribution in [0.1, 0.15) is 71.8 Å². The molecule has 0 fully saturated rings. The van der Waals surface area contributed by atoms with E-state index >= 15 is 4.39 Å². The molecule has 0 aliphatic carbocycles. The standard InChI is InChI=1S/C38H33ClF9NO5/c1-2-52-34(51)6-4-3-5-15-53-28-11-7-23(8-12-28)20-36(33-14-10-26(39)22-49-33,21-32(50)24-9-13-31(41)30(16-24)37(44,45)46)25-17-27(40)19-29(18-25)54-38(47,48)35(42)43/h7-14,16-19,22,35H,2-6,15,20-21H2,1H3/t36-/m0/s1. The number of carbonyl (C=O) groups is 2. The molecule has 0 spiro atoms. The van der Waals surface area contributed by atoms with Gasteiger partial charge in [-0.2, -0.15) is 30.7 Å². The first kappa shape index (κ1) is 42.0. The quantitative estimate of drug-likeness (QED) is 0.0433. The molecule has 3 aromatic carbocycles. The van der Waals surface area contributed by atoms with Gasteiger partial charge in [-0.15, -0.1) is 0 Å². The maximum absolute atomic E-state index is 15.2. The average molecular weight is 790 g/mol. The Balaban J connectivity index is 1.76. The van der Waals surface area contributed by atoms with E-state index in [4.69, 9.17) is 21.1 Å². The summed E-state index contributed by atoms with van der Waals surface area (Å²) >= 11 is 6.07. The van der Waals surface area contributed by atoms with Crippen molar-refractivity contribution in [3.8, 4) is 11.5 Å². The molecule has 4 aromatic rings. The van der Waals surface area contributed by atoms with Gasteiger partial charge in [0.1, 0.15) is 23.1 Å². The van der Waals surface area contributed by atoms with Crippen molar-refractivity contribution < 1.29 is 63.3 Å². The molecule has 6 nitrogen and oxygen atoms in total. The van der Waals surface area contributed by atoms with Crippen LogP contribution in [0.4, 0.5) is 39.5 Å². The summed E-state index contributed by atoms with van der Waals surface area (Å²) in [5.41, 5.74) is -4.18. The SMILES string of the molecule is CCOC(=O)CCCCCOc1ccc(C[C@](CC(=O)c2ccc(F)c(C(F)(F)F)c2)(c2cc(F)cc(OC(F)(F)C(F)F)c2)c2ccc(Cl)cn2)cc1. The summed E-state index contributed by atoms with van der Waals surface area (Å²) in [5.74, 6) is -4.84. The minimum Gasteiger partial charge on any atom is -0.494 e. The molecular formula is C38H33ClF9NO5. The molecule has 290 valence electrons. The molecule has 0 saturated heterocycles. The van der Waals surface area contributed by atoms with Crippen LogP contribution in [-0.4, -0.2) is 42.5 Å². The highest BCUT2D eigenvalue weighted by Crippen LogP contribution is 2.43. The fourth-order valence-electron chi connectivity index (χ4n) is 5.67. The molecule has 0 unspecified atom stereocenters. The van der Waals surface area contributed by atoms with Crippen LogP contribution in [0.15, 0.2) is 79.0 Å². The third kappa shape index (κ3) is 11.1. The van der Waals surface area contributed by atoms with Crippen molar-refractivity contribution in [1.82, 2.24) is 4.98 Å². The number of nitrogens with zero attached hydrogens (tertiary/aromatic N) is 1. The van der Waals surface area contributed by atoms with E-state index in [-0.39, 0.29) is 35.1 Å². The number of aromatic nitrogens is 1. The molecular weight excluding hydrogens is 757 g/mol. The number of Topliss-reactive ketones (excluding diaryl/α,β-unsaturated/α-hetero) is 1. The number of halogens is 10. The van der Waals surface area contributed by atoms with Crippen molar-refractivity contribution in [1.29, 1.82) is 0 Å². The second-order valence-electron chi connectivity index (χ2n) is 12.2. The molecule has 54 heavy (non-hydrogen) atoms. The minimum atomic E-state index is -5.17. The number of unbranched alkanes of at least 4 members (excludes halogenated alkanes) is 2. The smallest absolute Gasteiger partial charge is 0.461 e. The molecule has 0 saturated carbocycles. The van der Waals surface area contributed by atoms with Gasteiger partial charge >= 0.3 is 24.7 Å². The Morgan fingerprint density at radius 2 is 1.57 bits per heavy atom. The first-order valence-electron chi connectivity index (χ1n) is 16.5. The van der Waals surface area contributed by atoms with Crippen molar-refractivity contribution in [3.05, 3.63) is 124 Å². The third-order valence-corrected chi connectivity index (χ3v) is 8.46. The summed E-state index contributed by atoms with van der Waals surface area (Å²) in [7, 11) is 0. The summed E-state index contributed by atoms with van der Waals surface area (Å²) in [5, 5.41) is 0.106. The first-order valence-corrected chi connectivity index (χ1v) is 16.9. The molecule has 1 atom stereocenters. The molecule has 0 N–H and O–H groups in total. The van der Waals surface area contributed by atoms with Crippen LogP contribution < -0.4 is 9.47 Å². The maximum atomic E-state index is 15.2. The zero-order valence-electron chi connectivity index (χ0n) is 28.5. The maximum Gasteiger partial charge on any atom is 0.461 e. The van der Waals surface area contributed by atoms with Gasteiger partial charge < -0.3 is 14.2 Å². The van der Waals surface area contributed by atoms with Crippen LogP contribution in [0.25, 0.3) is 0 Å². The van der Waals surface area contributed by atoms with Gasteiger partial charge in [-0.25, -0.2) is 8.78 Å². The molecule has 4 rings (SSSR count). The van der Waals surface area contributed by atoms with Gasteiger partial charge in [0.25, 0.3) is 0 Å². The van der Waals surface area contributed by atoms with Crippen molar-refractivity contribution in [3.63, 3.8) is 0 Å². The van der Waals surface area contributed by atoms with Crippen molar-refractivity contribution in [2.75, 3.05) is 13.2 Å². The Labute approximate surface area is 309 Å². The number of hydrogen-bond acceptors (Lipinski definition) is 6. The Morgan fingerprint density at radius 1 is 0.852 bits per heavy atom. The highest BCUT2D eigenvalue weighted by atomic mass is 35.5. The van der Waals surface area contributed by atoms with E-state index in [1.165, 1.54) is 12.1 Å². The average Bonchev–Trinajstić information content (AvgIpc) is 3.09. The van der Waals surface area contributed by atoms with E-state index in [1.807, 2.05) is 0 Å². The number of rotatable bonds is 18. The van der Waals surface area contributed by atoms with Crippen LogP contribution in [0.5, 0.6) is 11.5 Å². The van der Waals surface area contributed by atoms with E-state index in [9.17, 15) is 44.7 Å². The topological polar surface area (TPSA) is 74.7 Å². The lowest BCUT2D eigenvalue weighted by atomic mass is 9.68. The first-order chi connectivity index (χ1) is 25.4. The predicted octanol–water partition coefficient (Wildman–Crippen LogP) is 10.6. The summed E-state index contributed by atoms with van der Waals surface area (Å²) in [6.07, 6.45) is -12.3. The zero-order chi connectivity index (χ0) is 39.7. The van der Waals surface area contributed by atoms with Crippen LogP contribution in [0.3, 0.4) is 0 Å². The Kier molecular flexibility index (Phi) is 14.0. The second kappa shape index (κ2) is 18.0. The monoisotopic (exact) mass is 789 g/mol. The van der Waals surface area contributed by atoms with E-state index < -0.39 is 64.8 Å². The lowest BCUT2D eigenvalue weighted by Gasteiger charge is -2.34. The number of alkyl halides is 7. The zero-order valence-corrected chi connectivity index (χ0v) is 29.3. The van der Waals surface area contributed by atoms with Crippen molar-refractivity contribution >= 4 is 23.4 Å². The number of carbonyl (C=O) groups excluding carboxylic acids is 2. The molecule has 1 heterocycles. The van der Waals surface area contributed by atoms with Gasteiger partial charge in [0.2, 0.25) is 0 Å². The van der Waals surface area contributed by atoms with Gasteiger partial charge in [0.15, 0.2) is 5.78 Å². The normalized spacial score (nSPS) is 13.0. The number of hydrogen-bond donors (Lipinski definition) is 0.